The Morgan fingerprint density at radius 2 is 1.95 bits per heavy atom. The molecular weight excluding hydrogens is 336 g/mol. The first-order chi connectivity index (χ1) is 9.99. The summed E-state index contributed by atoms with van der Waals surface area (Å²) in [6.07, 6.45) is 0. The molecule has 0 fully saturated rings. The molecular formula is C15H15BrN2O3. The Bertz CT molecular complexity index is 642. The summed E-state index contributed by atoms with van der Waals surface area (Å²) in [4.78, 5) is 10.4. The molecule has 0 heterocycles. The number of hydrogen-bond acceptors (Lipinski definition) is 4. The van der Waals surface area contributed by atoms with E-state index in [0.29, 0.717) is 10.2 Å². The van der Waals surface area contributed by atoms with Crippen LogP contribution in [0.4, 0.5) is 5.69 Å². The molecule has 2 aromatic carbocycles. The molecule has 2 rings (SSSR count). The van der Waals surface area contributed by atoms with Crippen LogP contribution < -0.4 is 10.5 Å². The van der Waals surface area contributed by atoms with Gasteiger partial charge in [-0.05, 0) is 40.5 Å². The average Bonchev–Trinajstić information content (AvgIpc) is 2.46. The van der Waals surface area contributed by atoms with E-state index in [1.165, 1.54) is 6.07 Å². The van der Waals surface area contributed by atoms with Gasteiger partial charge in [0.15, 0.2) is 0 Å². The first kappa shape index (κ1) is 15.5. The smallest absolute Gasteiger partial charge is 0.283 e. The highest BCUT2D eigenvalue weighted by Crippen LogP contribution is 2.29. The van der Waals surface area contributed by atoms with E-state index < -0.39 is 4.92 Å². The molecule has 2 aromatic rings. The largest absolute Gasteiger partial charge is 0.489 e. The Kier molecular flexibility index (Phi) is 4.93. The molecule has 5 nitrogen and oxygen atoms in total. The maximum atomic E-state index is 10.9. The van der Waals surface area contributed by atoms with E-state index in [1.807, 2.05) is 31.2 Å². The second-order valence-corrected chi connectivity index (χ2v) is 5.45. The topological polar surface area (TPSA) is 78.4 Å². The fourth-order valence-corrected chi connectivity index (χ4v) is 2.37. The summed E-state index contributed by atoms with van der Waals surface area (Å²) in [5.41, 5.74) is 7.56. The van der Waals surface area contributed by atoms with Crippen LogP contribution in [-0.2, 0) is 6.61 Å². The lowest BCUT2D eigenvalue weighted by molar-refractivity contribution is -0.385. The summed E-state index contributed by atoms with van der Waals surface area (Å²) in [6, 6.07) is 12.3. The summed E-state index contributed by atoms with van der Waals surface area (Å²) in [7, 11) is 0. The molecule has 2 N–H and O–H groups in total. The Morgan fingerprint density at radius 3 is 2.52 bits per heavy atom. The lowest BCUT2D eigenvalue weighted by atomic mass is 10.1. The van der Waals surface area contributed by atoms with Gasteiger partial charge in [0.2, 0.25) is 0 Å². The van der Waals surface area contributed by atoms with Crippen molar-refractivity contribution in [3.8, 4) is 5.75 Å². The van der Waals surface area contributed by atoms with Crippen LogP contribution >= 0.6 is 15.9 Å². The number of benzene rings is 2. The predicted molar refractivity (Wildman–Crippen MR) is 84.2 cm³/mol. The third-order valence-corrected chi connectivity index (χ3v) is 3.97. The molecule has 1 unspecified atom stereocenters. The second-order valence-electron chi connectivity index (χ2n) is 4.65. The van der Waals surface area contributed by atoms with E-state index in [4.69, 9.17) is 10.5 Å². The average molecular weight is 351 g/mol. The molecule has 0 aliphatic heterocycles. The van der Waals surface area contributed by atoms with Gasteiger partial charge in [-0.3, -0.25) is 10.1 Å². The minimum Gasteiger partial charge on any atom is -0.489 e. The lowest BCUT2D eigenvalue weighted by Gasteiger charge is -2.10. The number of nitrogens with two attached hydrogens (primary N) is 1. The molecule has 0 bridgehead atoms. The quantitative estimate of drug-likeness (QED) is 0.653. The maximum Gasteiger partial charge on any atom is 0.283 e. The van der Waals surface area contributed by atoms with Crippen molar-refractivity contribution < 1.29 is 9.66 Å². The number of rotatable bonds is 5. The summed E-state index contributed by atoms with van der Waals surface area (Å²) in [5, 5.41) is 10.9. The number of nitro groups is 1. The zero-order valence-electron chi connectivity index (χ0n) is 11.5. The van der Waals surface area contributed by atoms with Crippen molar-refractivity contribution >= 4 is 21.6 Å². The Morgan fingerprint density at radius 1 is 1.29 bits per heavy atom. The van der Waals surface area contributed by atoms with Gasteiger partial charge in [0.05, 0.1) is 4.92 Å². The number of ether oxygens (including phenoxy) is 1. The van der Waals surface area contributed by atoms with Crippen LogP contribution in [0.15, 0.2) is 46.9 Å². The molecule has 0 radical (unpaired) electrons. The number of halogens is 1. The van der Waals surface area contributed by atoms with Crippen molar-refractivity contribution in [2.45, 2.75) is 19.6 Å². The van der Waals surface area contributed by atoms with E-state index in [9.17, 15) is 10.1 Å². The molecule has 0 spiro atoms. The maximum absolute atomic E-state index is 10.9. The highest BCUT2D eigenvalue weighted by Gasteiger charge is 2.15. The predicted octanol–water partition coefficient (Wildman–Crippen LogP) is 3.96. The highest BCUT2D eigenvalue weighted by molar-refractivity contribution is 9.10. The molecule has 6 heteroatoms. The van der Waals surface area contributed by atoms with E-state index in [2.05, 4.69) is 15.9 Å². The second kappa shape index (κ2) is 6.69. The molecule has 0 saturated carbocycles. The number of nitro benzene ring substituents is 1. The number of nitrogens with zero attached hydrogens (tertiary/aromatic N) is 1. The van der Waals surface area contributed by atoms with Crippen LogP contribution in [0.1, 0.15) is 24.1 Å². The standard InChI is InChI=1S/C15H15BrN2O3/c1-10(17)11-5-7-13(8-6-11)21-9-12-3-2-4-14(15(12)16)18(19)20/h2-8,10H,9,17H2,1H3. The zero-order chi connectivity index (χ0) is 15.4. The summed E-state index contributed by atoms with van der Waals surface area (Å²) in [6.45, 7) is 2.16. The van der Waals surface area contributed by atoms with Crippen molar-refractivity contribution in [2.24, 2.45) is 5.73 Å². The van der Waals surface area contributed by atoms with Crippen molar-refractivity contribution in [1.29, 1.82) is 0 Å². The molecule has 0 aromatic heterocycles. The number of hydrogen-bond donors (Lipinski definition) is 1. The molecule has 0 aliphatic carbocycles. The minimum absolute atomic E-state index is 0.0232. The van der Waals surface area contributed by atoms with Crippen molar-refractivity contribution in [3.63, 3.8) is 0 Å². The molecule has 21 heavy (non-hydrogen) atoms. The summed E-state index contributed by atoms with van der Waals surface area (Å²) in [5.74, 6) is 0.692. The SMILES string of the molecule is CC(N)c1ccc(OCc2cccc([N+](=O)[O-])c2Br)cc1. The van der Waals surface area contributed by atoms with Crippen LogP contribution in [0.5, 0.6) is 5.75 Å². The van der Waals surface area contributed by atoms with Crippen molar-refractivity contribution in [1.82, 2.24) is 0 Å². The van der Waals surface area contributed by atoms with Gasteiger partial charge >= 0.3 is 0 Å². The molecule has 110 valence electrons. The molecule has 0 amide bonds. The van der Waals surface area contributed by atoms with Crippen molar-refractivity contribution in [3.05, 3.63) is 68.2 Å². The fraction of sp³-hybridized carbons (Fsp3) is 0.200. The van der Waals surface area contributed by atoms with Gasteiger partial charge in [-0.1, -0.05) is 24.3 Å². The van der Waals surface area contributed by atoms with Gasteiger partial charge in [0.1, 0.15) is 16.8 Å². The van der Waals surface area contributed by atoms with E-state index >= 15 is 0 Å². The van der Waals surface area contributed by atoms with Gasteiger partial charge in [-0.25, -0.2) is 0 Å². The fourth-order valence-electron chi connectivity index (χ4n) is 1.85. The van der Waals surface area contributed by atoms with Crippen LogP contribution in [0, 0.1) is 10.1 Å². The Hall–Kier alpha value is -1.92. The molecule has 0 aliphatic rings. The molecule has 1 atom stereocenters. The monoisotopic (exact) mass is 350 g/mol. The highest BCUT2D eigenvalue weighted by atomic mass is 79.9. The van der Waals surface area contributed by atoms with E-state index in [-0.39, 0.29) is 18.3 Å². The van der Waals surface area contributed by atoms with Crippen LogP contribution in [0.25, 0.3) is 0 Å². The first-order valence-electron chi connectivity index (χ1n) is 6.39. The van der Waals surface area contributed by atoms with Crippen LogP contribution in [-0.4, -0.2) is 4.92 Å². The van der Waals surface area contributed by atoms with E-state index in [0.717, 1.165) is 11.1 Å². The van der Waals surface area contributed by atoms with Gasteiger partial charge in [-0.15, -0.1) is 0 Å². The van der Waals surface area contributed by atoms with E-state index in [1.54, 1.807) is 12.1 Å². The minimum atomic E-state index is -0.426. The summed E-state index contributed by atoms with van der Waals surface area (Å²) < 4.78 is 6.10. The van der Waals surface area contributed by atoms with Crippen LogP contribution in [0.3, 0.4) is 0 Å². The van der Waals surface area contributed by atoms with Gasteiger partial charge < -0.3 is 10.5 Å². The zero-order valence-corrected chi connectivity index (χ0v) is 13.0. The normalized spacial score (nSPS) is 12.0. The Labute approximate surface area is 131 Å². The molecule has 0 saturated heterocycles. The lowest BCUT2D eigenvalue weighted by Crippen LogP contribution is -2.04. The summed E-state index contributed by atoms with van der Waals surface area (Å²) >= 11 is 3.25. The third-order valence-electron chi connectivity index (χ3n) is 3.06. The van der Waals surface area contributed by atoms with Crippen LogP contribution in [0.2, 0.25) is 0 Å². The Balaban J connectivity index is 2.09. The van der Waals surface area contributed by atoms with Gasteiger partial charge in [0, 0.05) is 17.7 Å². The van der Waals surface area contributed by atoms with Gasteiger partial charge in [-0.2, -0.15) is 0 Å². The first-order valence-corrected chi connectivity index (χ1v) is 7.18. The third kappa shape index (κ3) is 3.80. The van der Waals surface area contributed by atoms with Crippen molar-refractivity contribution in [2.75, 3.05) is 0 Å². The van der Waals surface area contributed by atoms with Gasteiger partial charge in [0.25, 0.3) is 5.69 Å².